The average Bonchev–Trinajstić information content (AvgIpc) is 3.03. The zero-order valence-electron chi connectivity index (χ0n) is 26.8. The van der Waals surface area contributed by atoms with Crippen molar-refractivity contribution in [2.24, 2.45) is 23.2 Å². The Morgan fingerprint density at radius 2 is 1.51 bits per heavy atom. The number of ether oxygens (including phenoxy) is 1. The number of rotatable bonds is 9. The second-order valence-electron chi connectivity index (χ2n) is 14.1. The molecule has 1 aliphatic heterocycles. The fraction of sp³-hybridized carbons (Fsp3) is 0.459. The van der Waals surface area contributed by atoms with E-state index in [0.29, 0.717) is 78.5 Å². The molecule has 4 saturated carbocycles. The molecule has 1 saturated heterocycles. The van der Waals surface area contributed by atoms with Crippen LogP contribution < -0.4 is 14.4 Å². The van der Waals surface area contributed by atoms with Crippen LogP contribution in [0.25, 0.3) is 11.1 Å². The van der Waals surface area contributed by atoms with Gasteiger partial charge in [-0.2, -0.15) is 0 Å². The first-order chi connectivity index (χ1) is 22.6. The molecular weight excluding hydrogens is 617 g/mol. The number of benzene rings is 3. The third-order valence-corrected chi connectivity index (χ3v) is 12.1. The number of sulfonamides is 1. The van der Waals surface area contributed by atoms with Gasteiger partial charge in [0.2, 0.25) is 10.0 Å². The van der Waals surface area contributed by atoms with Crippen LogP contribution in [-0.4, -0.2) is 63.7 Å². The number of anilines is 1. The lowest BCUT2D eigenvalue weighted by Crippen LogP contribution is -2.51. The molecule has 4 aliphatic carbocycles. The van der Waals surface area contributed by atoms with E-state index >= 15 is 4.39 Å². The Morgan fingerprint density at radius 1 is 0.872 bits per heavy atom. The highest BCUT2D eigenvalue weighted by atomic mass is 32.2. The molecule has 5 fully saturated rings. The molecular formula is C37H42FN3O5S. The monoisotopic (exact) mass is 659 g/mol. The molecule has 3 aromatic carbocycles. The number of piperazine rings is 1. The molecule has 10 heteroatoms. The molecule has 8 rings (SSSR count). The number of nitrogens with one attached hydrogen (secondary N) is 1. The molecule has 0 radical (unpaired) electrons. The summed E-state index contributed by atoms with van der Waals surface area (Å²) in [5.74, 6) is 1.34. The molecule has 1 N–H and O–H groups in total. The Kier molecular flexibility index (Phi) is 8.49. The predicted octanol–water partition coefficient (Wildman–Crippen LogP) is 6.13. The Hall–Kier alpha value is -3.92. The molecule has 47 heavy (non-hydrogen) atoms. The number of nitrogens with zero attached hydrogens (tertiary/aromatic N) is 2. The van der Waals surface area contributed by atoms with E-state index in [2.05, 4.69) is 9.62 Å². The molecule has 2 amide bonds. The number of carbonyl (C=O) groups excluding carboxylic acids is 2. The first kappa shape index (κ1) is 31.7. The fourth-order valence-electron chi connectivity index (χ4n) is 9.08. The third-order valence-electron chi connectivity index (χ3n) is 10.6. The minimum absolute atomic E-state index is 0.0372. The predicted molar refractivity (Wildman–Crippen MR) is 179 cm³/mol. The lowest BCUT2D eigenvalue weighted by Gasteiger charge is -2.56. The normalized spacial score (nSPS) is 25.1. The number of amides is 2. The van der Waals surface area contributed by atoms with Crippen LogP contribution in [0.2, 0.25) is 0 Å². The van der Waals surface area contributed by atoms with Gasteiger partial charge in [-0.3, -0.25) is 9.59 Å². The zero-order chi connectivity index (χ0) is 32.8. The second-order valence-corrected chi connectivity index (χ2v) is 15.8. The van der Waals surface area contributed by atoms with Gasteiger partial charge in [0, 0.05) is 48.6 Å². The molecule has 248 valence electrons. The smallest absolute Gasteiger partial charge is 0.264 e. The summed E-state index contributed by atoms with van der Waals surface area (Å²) in [5, 5.41) is 0. The van der Waals surface area contributed by atoms with Gasteiger partial charge >= 0.3 is 0 Å². The van der Waals surface area contributed by atoms with Crippen molar-refractivity contribution < 1.29 is 27.1 Å². The largest absolute Gasteiger partial charge is 0.494 e. The topological polar surface area (TPSA) is 96.0 Å². The van der Waals surface area contributed by atoms with Crippen LogP contribution >= 0.6 is 0 Å². The first-order valence-corrected chi connectivity index (χ1v) is 18.5. The number of halogens is 1. The van der Waals surface area contributed by atoms with Crippen molar-refractivity contribution in [1.82, 2.24) is 9.62 Å². The van der Waals surface area contributed by atoms with Gasteiger partial charge in [0.15, 0.2) is 0 Å². The molecule has 8 nitrogen and oxygen atoms in total. The lowest BCUT2D eigenvalue weighted by atomic mass is 9.50. The van der Waals surface area contributed by atoms with E-state index in [-0.39, 0.29) is 17.1 Å². The summed E-state index contributed by atoms with van der Waals surface area (Å²) in [6.07, 6.45) is 6.62. The van der Waals surface area contributed by atoms with Gasteiger partial charge in [-0.05, 0) is 123 Å². The molecule has 1 heterocycles. The van der Waals surface area contributed by atoms with E-state index in [1.165, 1.54) is 25.3 Å². The van der Waals surface area contributed by atoms with E-state index < -0.39 is 21.7 Å². The quantitative estimate of drug-likeness (QED) is 0.297. The Morgan fingerprint density at radius 3 is 2.13 bits per heavy atom. The van der Waals surface area contributed by atoms with Crippen molar-refractivity contribution in [3.05, 3.63) is 83.7 Å². The van der Waals surface area contributed by atoms with E-state index in [4.69, 9.17) is 4.74 Å². The van der Waals surface area contributed by atoms with Crippen LogP contribution in [-0.2, 0) is 10.0 Å². The molecule has 0 atom stereocenters. The van der Waals surface area contributed by atoms with Crippen LogP contribution in [0.4, 0.5) is 10.1 Å². The molecule has 0 unspecified atom stereocenters. The fourth-order valence-corrected chi connectivity index (χ4v) is 10.7. The highest BCUT2D eigenvalue weighted by Gasteiger charge is 2.52. The Bertz CT molecular complexity index is 1730. The van der Waals surface area contributed by atoms with Gasteiger partial charge in [0.25, 0.3) is 11.8 Å². The highest BCUT2D eigenvalue weighted by molar-refractivity contribution is 7.90. The molecule has 4 bridgehead atoms. The summed E-state index contributed by atoms with van der Waals surface area (Å²) in [5.41, 5.74) is 2.40. The van der Waals surface area contributed by atoms with Crippen LogP contribution in [0.15, 0.2) is 66.7 Å². The standard InChI is InChI=1S/C37H42FN3O5S/c1-2-46-32-5-3-4-29(19-32)33-11-8-30(20-34(33)38)36(43)41-14-12-40(13-15-41)31-9-6-28(7-10-31)35(42)39-47(44,45)24-37-21-25-16-26(22-37)18-27(17-25)23-37/h3-11,19-20,25-27H,2,12-18,21-24H2,1H3,(H,39,42). The van der Waals surface area contributed by atoms with Crippen LogP contribution in [0.1, 0.15) is 66.2 Å². The summed E-state index contributed by atoms with van der Waals surface area (Å²) in [6.45, 7) is 4.47. The van der Waals surface area contributed by atoms with Gasteiger partial charge in [-0.1, -0.05) is 18.2 Å². The molecule has 3 aromatic rings. The third kappa shape index (κ3) is 6.75. The Balaban J connectivity index is 0.929. The number of hydrogen-bond acceptors (Lipinski definition) is 6. The second kappa shape index (κ2) is 12.6. The van der Waals surface area contributed by atoms with Crippen molar-refractivity contribution >= 4 is 27.5 Å². The van der Waals surface area contributed by atoms with E-state index in [0.717, 1.165) is 24.9 Å². The lowest BCUT2D eigenvalue weighted by molar-refractivity contribution is -0.0391. The van der Waals surface area contributed by atoms with E-state index in [1.54, 1.807) is 35.2 Å². The average molecular weight is 660 g/mol. The van der Waals surface area contributed by atoms with Gasteiger partial charge in [0.05, 0.1) is 12.4 Å². The van der Waals surface area contributed by atoms with Crippen LogP contribution in [0.3, 0.4) is 0 Å². The van der Waals surface area contributed by atoms with Crippen LogP contribution in [0, 0.1) is 29.0 Å². The van der Waals surface area contributed by atoms with Crippen molar-refractivity contribution in [2.75, 3.05) is 43.4 Å². The zero-order valence-corrected chi connectivity index (χ0v) is 27.6. The van der Waals surface area contributed by atoms with Gasteiger partial charge in [0.1, 0.15) is 11.6 Å². The molecule has 0 spiro atoms. The Labute approximate surface area is 276 Å². The SMILES string of the molecule is CCOc1cccc(-c2ccc(C(=O)N3CCN(c4ccc(C(=O)NS(=O)(=O)CC56CC7CC(CC(C7)C5)C6)cc4)CC3)cc2F)c1. The summed E-state index contributed by atoms with van der Waals surface area (Å²) in [6, 6.07) is 18.7. The number of carbonyl (C=O) groups is 2. The van der Waals surface area contributed by atoms with Gasteiger partial charge in [-0.25, -0.2) is 17.5 Å². The van der Waals surface area contributed by atoms with Gasteiger partial charge in [-0.15, -0.1) is 0 Å². The highest BCUT2D eigenvalue weighted by Crippen LogP contribution is 2.60. The van der Waals surface area contributed by atoms with E-state index in [1.807, 2.05) is 37.3 Å². The van der Waals surface area contributed by atoms with Gasteiger partial charge < -0.3 is 14.5 Å². The maximum absolute atomic E-state index is 15.1. The summed E-state index contributed by atoms with van der Waals surface area (Å²) >= 11 is 0. The maximum atomic E-state index is 15.1. The van der Waals surface area contributed by atoms with Crippen molar-refractivity contribution in [2.45, 2.75) is 45.4 Å². The van der Waals surface area contributed by atoms with Crippen molar-refractivity contribution in [1.29, 1.82) is 0 Å². The molecule has 0 aromatic heterocycles. The number of hydrogen-bond donors (Lipinski definition) is 1. The van der Waals surface area contributed by atoms with Crippen molar-refractivity contribution in [3.63, 3.8) is 0 Å². The molecule has 5 aliphatic rings. The van der Waals surface area contributed by atoms with Crippen LogP contribution in [0.5, 0.6) is 5.75 Å². The minimum atomic E-state index is -3.76. The minimum Gasteiger partial charge on any atom is -0.494 e. The first-order valence-electron chi connectivity index (χ1n) is 16.8. The summed E-state index contributed by atoms with van der Waals surface area (Å²) in [7, 11) is -3.76. The maximum Gasteiger partial charge on any atom is 0.264 e. The van der Waals surface area contributed by atoms with E-state index in [9.17, 15) is 18.0 Å². The summed E-state index contributed by atoms with van der Waals surface area (Å²) in [4.78, 5) is 30.1. The van der Waals surface area contributed by atoms with Crippen molar-refractivity contribution in [3.8, 4) is 16.9 Å². The summed E-state index contributed by atoms with van der Waals surface area (Å²) < 4.78 is 49.3.